The van der Waals surface area contributed by atoms with E-state index in [1.165, 1.54) is 4.90 Å². The van der Waals surface area contributed by atoms with E-state index in [1.54, 1.807) is 0 Å². The van der Waals surface area contributed by atoms with Crippen LogP contribution in [-0.4, -0.2) is 15.5 Å². The number of rotatable bonds is 5. The topological polar surface area (TPSA) is 20.2 Å². The first-order chi connectivity index (χ1) is 11.2. The second-order valence-corrected chi connectivity index (χ2v) is 9.17. The third-order valence-electron chi connectivity index (χ3n) is 3.99. The highest BCUT2D eigenvalue weighted by atomic mass is 32.2. The van der Waals surface area contributed by atoms with Gasteiger partial charge in [-0.15, -0.1) is 11.8 Å². The van der Waals surface area contributed by atoms with Gasteiger partial charge in [0.25, 0.3) is 0 Å². The molecule has 0 heterocycles. The zero-order valence-electron chi connectivity index (χ0n) is 15.3. The van der Waals surface area contributed by atoms with Gasteiger partial charge < -0.3 is 5.11 Å². The number of benzene rings is 2. The second-order valence-electron chi connectivity index (χ2n) is 7.30. The van der Waals surface area contributed by atoms with E-state index in [1.807, 2.05) is 43.8 Å². The molecule has 1 unspecified atom stereocenters. The zero-order chi connectivity index (χ0) is 17.8. The molecule has 2 aromatic carbocycles. The fraction of sp³-hybridized carbons (Fsp3) is 0.364. The van der Waals surface area contributed by atoms with E-state index in [0.29, 0.717) is 6.42 Å². The highest BCUT2D eigenvalue weighted by Gasteiger charge is 2.25. The van der Waals surface area contributed by atoms with Crippen molar-refractivity contribution in [2.24, 2.45) is 0 Å². The van der Waals surface area contributed by atoms with Crippen LogP contribution in [0.2, 0.25) is 0 Å². The Balaban J connectivity index is 2.56. The molecular weight excluding hydrogens is 312 g/mol. The predicted molar refractivity (Wildman–Crippen MR) is 107 cm³/mol. The lowest BCUT2D eigenvalue weighted by Crippen LogP contribution is -2.24. The minimum Gasteiger partial charge on any atom is -0.385 e. The summed E-state index contributed by atoms with van der Waals surface area (Å²) in [5.74, 6) is 0. The summed E-state index contributed by atoms with van der Waals surface area (Å²) in [4.78, 5) is 1.24. The minimum absolute atomic E-state index is 0.143. The smallest absolute Gasteiger partial charge is 0.0871 e. The molecule has 1 atom stereocenters. The van der Waals surface area contributed by atoms with E-state index in [9.17, 15) is 5.11 Å². The standard InChI is InChI=1S/C22H28OS/c1-6-22(5,23)19(17-12-8-7-9-13-17)16-18-14-10-11-15-20(18)24-21(2,3)4/h7-16,23H,6H2,1-5H3/b19-16+. The van der Waals surface area contributed by atoms with Gasteiger partial charge in [0.1, 0.15) is 0 Å². The fourth-order valence-electron chi connectivity index (χ4n) is 2.54. The summed E-state index contributed by atoms with van der Waals surface area (Å²) in [6.45, 7) is 10.6. The molecule has 0 aliphatic carbocycles. The monoisotopic (exact) mass is 340 g/mol. The van der Waals surface area contributed by atoms with Crippen molar-refractivity contribution in [1.82, 2.24) is 0 Å². The van der Waals surface area contributed by atoms with Crippen LogP contribution in [0.4, 0.5) is 0 Å². The Bertz CT molecular complexity index is 693. The van der Waals surface area contributed by atoms with E-state index in [4.69, 9.17) is 0 Å². The third-order valence-corrected chi connectivity index (χ3v) is 5.19. The maximum absolute atomic E-state index is 10.9. The van der Waals surface area contributed by atoms with E-state index < -0.39 is 5.60 Å². The second kappa shape index (κ2) is 7.58. The predicted octanol–water partition coefficient (Wildman–Crippen LogP) is 6.28. The third kappa shape index (κ3) is 4.99. The van der Waals surface area contributed by atoms with Crippen molar-refractivity contribution in [3.8, 4) is 0 Å². The van der Waals surface area contributed by atoms with Gasteiger partial charge in [0.15, 0.2) is 0 Å². The molecule has 24 heavy (non-hydrogen) atoms. The summed E-state index contributed by atoms with van der Waals surface area (Å²) in [6, 6.07) is 18.6. The lowest BCUT2D eigenvalue weighted by atomic mass is 9.86. The van der Waals surface area contributed by atoms with Crippen LogP contribution in [0.1, 0.15) is 52.2 Å². The van der Waals surface area contributed by atoms with Crippen molar-refractivity contribution >= 4 is 23.4 Å². The molecule has 1 N–H and O–H groups in total. The quantitative estimate of drug-likeness (QED) is 0.510. The molecule has 0 spiro atoms. The van der Waals surface area contributed by atoms with Crippen molar-refractivity contribution in [3.05, 3.63) is 65.7 Å². The Morgan fingerprint density at radius 3 is 2.12 bits per heavy atom. The Labute approximate surface area is 150 Å². The first-order valence-electron chi connectivity index (χ1n) is 8.51. The molecule has 0 amide bonds. The number of hydrogen-bond acceptors (Lipinski definition) is 2. The van der Waals surface area contributed by atoms with Crippen molar-refractivity contribution in [3.63, 3.8) is 0 Å². The maximum atomic E-state index is 10.9. The molecule has 2 rings (SSSR count). The van der Waals surface area contributed by atoms with Gasteiger partial charge in [0.2, 0.25) is 0 Å². The average Bonchev–Trinajstić information content (AvgIpc) is 2.53. The molecule has 0 aromatic heterocycles. The highest BCUT2D eigenvalue weighted by Crippen LogP contribution is 2.37. The van der Waals surface area contributed by atoms with Crippen molar-refractivity contribution < 1.29 is 5.11 Å². The SMILES string of the molecule is CCC(C)(O)/C(=C/c1ccccc1SC(C)(C)C)c1ccccc1. The number of hydrogen-bond donors (Lipinski definition) is 1. The molecule has 0 bridgehead atoms. The van der Waals surface area contributed by atoms with Crippen LogP contribution in [0, 0.1) is 0 Å². The Morgan fingerprint density at radius 2 is 1.54 bits per heavy atom. The van der Waals surface area contributed by atoms with Crippen LogP contribution in [-0.2, 0) is 0 Å². The molecule has 0 aliphatic rings. The fourth-order valence-corrected chi connectivity index (χ4v) is 3.59. The molecule has 0 radical (unpaired) electrons. The van der Waals surface area contributed by atoms with Gasteiger partial charge in [-0.05, 0) is 42.2 Å². The lowest BCUT2D eigenvalue weighted by Gasteiger charge is -2.26. The van der Waals surface area contributed by atoms with Crippen LogP contribution < -0.4 is 0 Å². The van der Waals surface area contributed by atoms with Gasteiger partial charge in [-0.2, -0.15) is 0 Å². The van der Waals surface area contributed by atoms with Crippen LogP contribution in [0.25, 0.3) is 11.6 Å². The molecule has 2 heteroatoms. The van der Waals surface area contributed by atoms with Gasteiger partial charge in [-0.25, -0.2) is 0 Å². The van der Waals surface area contributed by atoms with Gasteiger partial charge in [-0.3, -0.25) is 0 Å². The van der Waals surface area contributed by atoms with Gasteiger partial charge in [0, 0.05) is 9.64 Å². The van der Waals surface area contributed by atoms with E-state index in [2.05, 4.69) is 63.2 Å². The van der Waals surface area contributed by atoms with Gasteiger partial charge in [0.05, 0.1) is 5.60 Å². The number of thioether (sulfide) groups is 1. The highest BCUT2D eigenvalue weighted by molar-refractivity contribution is 8.00. The first kappa shape index (κ1) is 18.8. The molecule has 0 fully saturated rings. The van der Waals surface area contributed by atoms with Crippen molar-refractivity contribution in [1.29, 1.82) is 0 Å². The van der Waals surface area contributed by atoms with Crippen molar-refractivity contribution in [2.75, 3.05) is 0 Å². The Morgan fingerprint density at radius 1 is 0.958 bits per heavy atom. The molecule has 1 nitrogen and oxygen atoms in total. The summed E-state index contributed by atoms with van der Waals surface area (Å²) in [5.41, 5.74) is 2.33. The van der Waals surface area contributed by atoms with Crippen LogP contribution >= 0.6 is 11.8 Å². The summed E-state index contributed by atoms with van der Waals surface area (Å²) in [5, 5.41) is 10.9. The van der Waals surface area contributed by atoms with Crippen LogP contribution in [0.3, 0.4) is 0 Å². The Kier molecular flexibility index (Phi) is 5.95. The van der Waals surface area contributed by atoms with E-state index >= 15 is 0 Å². The molecule has 2 aromatic rings. The molecular formula is C22H28OS. The first-order valence-corrected chi connectivity index (χ1v) is 9.32. The maximum Gasteiger partial charge on any atom is 0.0871 e. The summed E-state index contributed by atoms with van der Waals surface area (Å²) >= 11 is 1.86. The lowest BCUT2D eigenvalue weighted by molar-refractivity contribution is 0.119. The largest absolute Gasteiger partial charge is 0.385 e. The van der Waals surface area contributed by atoms with Gasteiger partial charge in [-0.1, -0.05) is 76.2 Å². The summed E-state index contributed by atoms with van der Waals surface area (Å²) in [6.07, 6.45) is 2.81. The molecule has 0 saturated carbocycles. The minimum atomic E-state index is -0.860. The average molecular weight is 341 g/mol. The summed E-state index contributed by atoms with van der Waals surface area (Å²) < 4.78 is 0.143. The zero-order valence-corrected chi connectivity index (χ0v) is 16.2. The van der Waals surface area contributed by atoms with Crippen molar-refractivity contribution in [2.45, 2.75) is 56.3 Å². The van der Waals surface area contributed by atoms with Crippen LogP contribution in [0.5, 0.6) is 0 Å². The molecule has 128 valence electrons. The molecule has 0 aliphatic heterocycles. The molecule has 0 saturated heterocycles. The number of aliphatic hydroxyl groups is 1. The van der Waals surface area contributed by atoms with Gasteiger partial charge >= 0.3 is 0 Å². The van der Waals surface area contributed by atoms with E-state index in [0.717, 1.165) is 16.7 Å². The summed E-state index contributed by atoms with van der Waals surface area (Å²) in [7, 11) is 0. The normalized spacial score (nSPS) is 15.2. The van der Waals surface area contributed by atoms with Crippen LogP contribution in [0.15, 0.2) is 59.5 Å². The Hall–Kier alpha value is -1.51. The van der Waals surface area contributed by atoms with E-state index in [-0.39, 0.29) is 4.75 Å².